The molecule has 1 N–H and O–H groups in total. The molecule has 1 aromatic rings. The number of ether oxygens (including phenoxy) is 1. The molecule has 1 aliphatic carbocycles. The smallest absolute Gasteiger partial charge is 0.418 e. The Morgan fingerprint density at radius 2 is 1.66 bits per heavy atom. The van der Waals surface area contributed by atoms with Gasteiger partial charge in [0.2, 0.25) is 5.91 Å². The average Bonchev–Trinajstić information content (AvgIpc) is 3.15. The maximum Gasteiger partial charge on any atom is 0.418 e. The van der Waals surface area contributed by atoms with Crippen molar-refractivity contribution >= 4 is 36.4 Å². The highest BCUT2D eigenvalue weighted by molar-refractivity contribution is 5.93. The third kappa shape index (κ3) is 6.89. The fourth-order valence-corrected chi connectivity index (χ4v) is 4.58. The molecular formula is C22H32Cl2F3N3O2. The molecule has 1 aromatic carbocycles. The molecule has 0 aromatic heterocycles. The fourth-order valence-electron chi connectivity index (χ4n) is 4.58. The summed E-state index contributed by atoms with van der Waals surface area (Å²) in [5, 5.41) is 2.44. The largest absolute Gasteiger partial charge is 0.490 e. The summed E-state index contributed by atoms with van der Waals surface area (Å²) in [6.07, 6.45) is 2.86. The van der Waals surface area contributed by atoms with E-state index in [0.29, 0.717) is 6.04 Å². The molecule has 4 rings (SSSR count). The van der Waals surface area contributed by atoms with Crippen LogP contribution in [0.5, 0.6) is 5.75 Å². The number of halogens is 5. The van der Waals surface area contributed by atoms with Gasteiger partial charge in [0.1, 0.15) is 11.9 Å². The number of likely N-dealkylation sites (tertiary alicyclic amines) is 2. The van der Waals surface area contributed by atoms with Crippen LogP contribution >= 0.6 is 24.8 Å². The number of carbonyl (C=O) groups is 1. The molecule has 0 radical (unpaired) electrons. The molecule has 0 atom stereocenters. The molecule has 3 aliphatic rings. The van der Waals surface area contributed by atoms with Crippen LogP contribution in [0.2, 0.25) is 0 Å². The van der Waals surface area contributed by atoms with Crippen molar-refractivity contribution in [1.29, 1.82) is 0 Å². The lowest BCUT2D eigenvalue weighted by atomic mass is 9.90. The lowest BCUT2D eigenvalue weighted by Gasteiger charge is -2.41. The van der Waals surface area contributed by atoms with E-state index in [4.69, 9.17) is 4.74 Å². The van der Waals surface area contributed by atoms with E-state index in [1.165, 1.54) is 31.4 Å². The van der Waals surface area contributed by atoms with Crippen molar-refractivity contribution in [3.8, 4) is 5.75 Å². The Balaban J connectivity index is 0.00000181. The van der Waals surface area contributed by atoms with Crippen molar-refractivity contribution in [3.63, 3.8) is 0 Å². The number of nitrogens with zero attached hydrogens (tertiary/aromatic N) is 2. The maximum absolute atomic E-state index is 13.6. The first-order chi connectivity index (χ1) is 14.4. The van der Waals surface area contributed by atoms with Crippen molar-refractivity contribution in [2.45, 2.75) is 63.3 Å². The molecule has 3 fully saturated rings. The SMILES string of the molecule is Cl.Cl.O=C(CN1CCCC1)Nc1ccc(OC2CCN(C3CCC3)CC2)cc1C(F)(F)F. The molecule has 182 valence electrons. The molecule has 2 aliphatic heterocycles. The first kappa shape index (κ1) is 27.0. The van der Waals surface area contributed by atoms with Crippen molar-refractivity contribution in [2.75, 3.05) is 38.0 Å². The van der Waals surface area contributed by atoms with Gasteiger partial charge >= 0.3 is 6.18 Å². The first-order valence-corrected chi connectivity index (χ1v) is 11.0. The van der Waals surface area contributed by atoms with E-state index in [1.54, 1.807) is 0 Å². The number of rotatable bonds is 6. The predicted molar refractivity (Wildman–Crippen MR) is 123 cm³/mol. The van der Waals surface area contributed by atoms with Crippen LogP contribution in [0.15, 0.2) is 18.2 Å². The Morgan fingerprint density at radius 3 is 2.22 bits per heavy atom. The van der Waals surface area contributed by atoms with Crippen LogP contribution in [-0.4, -0.2) is 60.6 Å². The number of hydrogen-bond acceptors (Lipinski definition) is 4. The first-order valence-electron chi connectivity index (χ1n) is 11.0. The number of hydrogen-bond donors (Lipinski definition) is 1. The van der Waals surface area contributed by atoms with Crippen LogP contribution in [0.4, 0.5) is 18.9 Å². The zero-order valence-electron chi connectivity index (χ0n) is 18.0. The van der Waals surface area contributed by atoms with Crippen LogP contribution in [0.3, 0.4) is 0 Å². The van der Waals surface area contributed by atoms with Crippen LogP contribution in [0.25, 0.3) is 0 Å². The monoisotopic (exact) mass is 497 g/mol. The zero-order valence-corrected chi connectivity index (χ0v) is 19.7. The summed E-state index contributed by atoms with van der Waals surface area (Å²) in [6.45, 7) is 3.62. The second-order valence-corrected chi connectivity index (χ2v) is 8.67. The van der Waals surface area contributed by atoms with Gasteiger partial charge in [-0.3, -0.25) is 9.69 Å². The second kappa shape index (κ2) is 11.8. The Labute approximate surface area is 199 Å². The number of nitrogens with one attached hydrogen (secondary N) is 1. The van der Waals surface area contributed by atoms with Gasteiger partial charge in [-0.25, -0.2) is 0 Å². The standard InChI is InChI=1S/C22H30F3N3O2.2ClH/c23-22(24,25)19-14-18(30-17-8-12-28(13-9-17)16-4-3-5-16)6-7-20(19)26-21(29)15-27-10-1-2-11-27;;/h6-7,14,16-17H,1-5,8-13,15H2,(H,26,29);2*1H. The third-order valence-electron chi connectivity index (χ3n) is 6.51. The quantitative estimate of drug-likeness (QED) is 0.601. The summed E-state index contributed by atoms with van der Waals surface area (Å²) in [5.74, 6) is -0.207. The Hall–Kier alpha value is -1.22. The molecule has 1 saturated carbocycles. The minimum absolute atomic E-state index is 0. The van der Waals surface area contributed by atoms with E-state index in [2.05, 4.69) is 10.2 Å². The van der Waals surface area contributed by atoms with Gasteiger partial charge in [0.25, 0.3) is 0 Å². The Bertz CT molecular complexity index is 748. The molecule has 2 saturated heterocycles. The maximum atomic E-state index is 13.6. The van der Waals surface area contributed by atoms with Gasteiger partial charge in [0.05, 0.1) is 17.8 Å². The number of amides is 1. The van der Waals surface area contributed by atoms with Gasteiger partial charge in [0.15, 0.2) is 0 Å². The Kier molecular flexibility index (Phi) is 9.94. The van der Waals surface area contributed by atoms with Gasteiger partial charge in [-0.2, -0.15) is 13.2 Å². The summed E-state index contributed by atoms with van der Waals surface area (Å²) >= 11 is 0. The van der Waals surface area contributed by atoms with Crippen molar-refractivity contribution in [2.24, 2.45) is 0 Å². The molecular weight excluding hydrogens is 466 g/mol. The van der Waals surface area contributed by atoms with Gasteiger partial charge in [-0.05, 0) is 69.8 Å². The highest BCUT2D eigenvalue weighted by Gasteiger charge is 2.35. The molecule has 0 bridgehead atoms. The number of carbonyl (C=O) groups excluding carboxylic acids is 1. The zero-order chi connectivity index (χ0) is 21.1. The van der Waals surface area contributed by atoms with Crippen molar-refractivity contribution < 1.29 is 22.7 Å². The van der Waals surface area contributed by atoms with E-state index in [0.717, 1.165) is 57.9 Å². The molecule has 2 heterocycles. The second-order valence-electron chi connectivity index (χ2n) is 8.67. The third-order valence-corrected chi connectivity index (χ3v) is 6.51. The number of piperidine rings is 1. The normalized spacial score (nSPS) is 20.7. The fraction of sp³-hybridized carbons (Fsp3) is 0.682. The molecule has 5 nitrogen and oxygen atoms in total. The minimum Gasteiger partial charge on any atom is -0.490 e. The highest BCUT2D eigenvalue weighted by Crippen LogP contribution is 2.38. The lowest BCUT2D eigenvalue weighted by Crippen LogP contribution is -2.46. The highest BCUT2D eigenvalue weighted by atomic mass is 35.5. The Morgan fingerprint density at radius 1 is 1.00 bits per heavy atom. The summed E-state index contributed by atoms with van der Waals surface area (Å²) in [4.78, 5) is 16.6. The number of benzene rings is 1. The lowest BCUT2D eigenvalue weighted by molar-refractivity contribution is -0.137. The van der Waals surface area contributed by atoms with E-state index in [-0.39, 0.29) is 48.9 Å². The van der Waals surface area contributed by atoms with Crippen LogP contribution in [-0.2, 0) is 11.0 Å². The van der Waals surface area contributed by atoms with E-state index >= 15 is 0 Å². The van der Waals surface area contributed by atoms with Crippen LogP contribution < -0.4 is 10.1 Å². The summed E-state index contributed by atoms with van der Waals surface area (Å²) in [7, 11) is 0. The van der Waals surface area contributed by atoms with Gasteiger partial charge in [0, 0.05) is 19.1 Å². The number of anilines is 1. The molecule has 32 heavy (non-hydrogen) atoms. The summed E-state index contributed by atoms with van der Waals surface area (Å²) in [6, 6.07) is 4.54. The van der Waals surface area contributed by atoms with E-state index < -0.39 is 17.6 Å². The summed E-state index contributed by atoms with van der Waals surface area (Å²) < 4.78 is 46.8. The van der Waals surface area contributed by atoms with Gasteiger partial charge in [-0.1, -0.05) is 6.42 Å². The number of alkyl halides is 3. The van der Waals surface area contributed by atoms with Gasteiger partial charge < -0.3 is 15.0 Å². The summed E-state index contributed by atoms with van der Waals surface area (Å²) in [5.41, 5.74) is -1.07. The van der Waals surface area contributed by atoms with E-state index in [1.807, 2.05) is 4.90 Å². The molecule has 0 unspecified atom stereocenters. The van der Waals surface area contributed by atoms with Crippen molar-refractivity contribution in [1.82, 2.24) is 9.80 Å². The average molecular weight is 498 g/mol. The van der Waals surface area contributed by atoms with Crippen LogP contribution in [0, 0.1) is 0 Å². The van der Waals surface area contributed by atoms with E-state index in [9.17, 15) is 18.0 Å². The molecule has 1 amide bonds. The topological polar surface area (TPSA) is 44.8 Å². The predicted octanol–water partition coefficient (Wildman–Crippen LogP) is 4.98. The van der Waals surface area contributed by atoms with Crippen LogP contribution in [0.1, 0.15) is 50.5 Å². The molecule has 10 heteroatoms. The molecule has 0 spiro atoms. The van der Waals surface area contributed by atoms with Gasteiger partial charge in [-0.15, -0.1) is 24.8 Å². The minimum atomic E-state index is -4.57. The van der Waals surface area contributed by atoms with Crippen molar-refractivity contribution in [3.05, 3.63) is 23.8 Å².